The SMILES string of the molecule is O=C(c1ccc2c(c1)OCCO2)N(Cc1cccc2[nH]ccc12)Cc1cccc2[nH]ccc12. The van der Waals surface area contributed by atoms with Gasteiger partial charge in [-0.05, 0) is 53.6 Å². The molecule has 0 aliphatic carbocycles. The summed E-state index contributed by atoms with van der Waals surface area (Å²) in [4.78, 5) is 22.2. The fraction of sp³-hybridized carbons (Fsp3) is 0.148. The topological polar surface area (TPSA) is 70.3 Å². The summed E-state index contributed by atoms with van der Waals surface area (Å²) in [5.74, 6) is 1.25. The highest BCUT2D eigenvalue weighted by atomic mass is 16.6. The van der Waals surface area contributed by atoms with E-state index < -0.39 is 0 Å². The first-order valence-corrected chi connectivity index (χ1v) is 11.1. The Bertz CT molecular complexity index is 1390. The number of ether oxygens (including phenoxy) is 2. The second kappa shape index (κ2) is 8.06. The van der Waals surface area contributed by atoms with E-state index in [1.807, 2.05) is 53.7 Å². The van der Waals surface area contributed by atoms with Gasteiger partial charge in [0.1, 0.15) is 13.2 Å². The molecule has 0 saturated heterocycles. The summed E-state index contributed by atoms with van der Waals surface area (Å²) < 4.78 is 11.4. The van der Waals surface area contributed by atoms with Gasteiger partial charge < -0.3 is 24.3 Å². The number of amides is 1. The number of H-pyrrole nitrogens is 2. The standard InChI is InChI=1S/C27H23N3O3/c31-27(18-7-8-25-26(15-18)33-14-13-32-25)30(16-19-3-1-5-23-21(19)9-11-28-23)17-20-4-2-6-24-22(20)10-12-29-24/h1-12,15,28-29H,13-14,16-17H2. The smallest absolute Gasteiger partial charge is 0.254 e. The number of fused-ring (bicyclic) bond motifs is 3. The molecule has 3 aromatic carbocycles. The molecule has 1 aliphatic rings. The molecule has 0 bridgehead atoms. The van der Waals surface area contributed by atoms with Gasteiger partial charge >= 0.3 is 0 Å². The van der Waals surface area contributed by atoms with Gasteiger partial charge in [-0.3, -0.25) is 4.79 Å². The molecular weight excluding hydrogens is 414 g/mol. The van der Waals surface area contributed by atoms with Crippen LogP contribution in [0.3, 0.4) is 0 Å². The van der Waals surface area contributed by atoms with Crippen molar-refractivity contribution in [3.05, 3.63) is 95.8 Å². The zero-order valence-corrected chi connectivity index (χ0v) is 18.0. The monoisotopic (exact) mass is 437 g/mol. The lowest BCUT2D eigenvalue weighted by atomic mass is 10.1. The van der Waals surface area contributed by atoms with Gasteiger partial charge in [0.15, 0.2) is 11.5 Å². The predicted octanol–water partition coefficient (Wildman–Crippen LogP) is 5.26. The summed E-state index contributed by atoms with van der Waals surface area (Å²) in [6.45, 7) is 1.99. The molecule has 6 nitrogen and oxygen atoms in total. The first-order valence-electron chi connectivity index (χ1n) is 11.1. The summed E-state index contributed by atoms with van der Waals surface area (Å²) in [6, 6.07) is 21.8. The van der Waals surface area contributed by atoms with Gasteiger partial charge in [0.2, 0.25) is 0 Å². The summed E-state index contributed by atoms with van der Waals surface area (Å²) in [5, 5.41) is 2.25. The van der Waals surface area contributed by atoms with Crippen molar-refractivity contribution in [2.75, 3.05) is 13.2 Å². The fourth-order valence-electron chi connectivity index (χ4n) is 4.55. The number of aromatic nitrogens is 2. The molecular formula is C27H23N3O3. The Labute approximate surface area is 190 Å². The van der Waals surface area contributed by atoms with Crippen LogP contribution in [-0.2, 0) is 13.1 Å². The highest BCUT2D eigenvalue weighted by molar-refractivity contribution is 5.95. The van der Waals surface area contributed by atoms with Crippen LogP contribution in [0.5, 0.6) is 11.5 Å². The zero-order valence-electron chi connectivity index (χ0n) is 18.0. The van der Waals surface area contributed by atoms with E-state index in [0.29, 0.717) is 43.4 Å². The Kier molecular flexibility index (Phi) is 4.76. The second-order valence-electron chi connectivity index (χ2n) is 8.23. The Morgan fingerprint density at radius 2 is 1.36 bits per heavy atom. The molecule has 0 fully saturated rings. The van der Waals surface area contributed by atoms with E-state index in [1.165, 1.54) is 0 Å². The van der Waals surface area contributed by atoms with Gasteiger partial charge in [0.25, 0.3) is 5.91 Å². The van der Waals surface area contributed by atoms with Gasteiger partial charge in [-0.2, -0.15) is 0 Å². The van der Waals surface area contributed by atoms with Crippen molar-refractivity contribution in [3.63, 3.8) is 0 Å². The number of carbonyl (C=O) groups excluding carboxylic acids is 1. The van der Waals surface area contributed by atoms with Crippen molar-refractivity contribution < 1.29 is 14.3 Å². The molecule has 2 N–H and O–H groups in total. The van der Waals surface area contributed by atoms with Crippen molar-refractivity contribution in [2.45, 2.75) is 13.1 Å². The minimum Gasteiger partial charge on any atom is -0.486 e. The third-order valence-electron chi connectivity index (χ3n) is 6.17. The number of hydrogen-bond acceptors (Lipinski definition) is 3. The van der Waals surface area contributed by atoms with E-state index in [-0.39, 0.29) is 5.91 Å². The highest BCUT2D eigenvalue weighted by Crippen LogP contribution is 2.32. The number of benzene rings is 3. The first kappa shape index (κ1) is 19.5. The maximum atomic E-state index is 13.8. The first-order chi connectivity index (χ1) is 16.3. The summed E-state index contributed by atoms with van der Waals surface area (Å²) in [6.07, 6.45) is 3.86. The van der Waals surface area contributed by atoms with Gasteiger partial charge in [-0.25, -0.2) is 0 Å². The highest BCUT2D eigenvalue weighted by Gasteiger charge is 2.22. The predicted molar refractivity (Wildman–Crippen MR) is 128 cm³/mol. The van der Waals surface area contributed by atoms with Crippen LogP contribution in [0, 0.1) is 0 Å². The van der Waals surface area contributed by atoms with Gasteiger partial charge in [0.05, 0.1) is 0 Å². The average molecular weight is 437 g/mol. The Hall–Kier alpha value is -4.19. The Morgan fingerprint density at radius 3 is 2.00 bits per heavy atom. The van der Waals surface area contributed by atoms with Crippen molar-refractivity contribution in [1.29, 1.82) is 0 Å². The molecule has 1 amide bonds. The third-order valence-corrected chi connectivity index (χ3v) is 6.17. The van der Waals surface area contributed by atoms with Crippen molar-refractivity contribution in [3.8, 4) is 11.5 Å². The third kappa shape index (κ3) is 3.59. The molecule has 6 heteroatoms. The maximum Gasteiger partial charge on any atom is 0.254 e. The lowest BCUT2D eigenvalue weighted by Crippen LogP contribution is -2.30. The van der Waals surface area contributed by atoms with E-state index in [0.717, 1.165) is 32.9 Å². The summed E-state index contributed by atoms with van der Waals surface area (Å²) in [5.41, 5.74) is 4.91. The molecule has 1 aliphatic heterocycles. The van der Waals surface area contributed by atoms with E-state index >= 15 is 0 Å². The fourth-order valence-corrected chi connectivity index (χ4v) is 4.55. The van der Waals surface area contributed by atoms with Crippen LogP contribution >= 0.6 is 0 Å². The summed E-state index contributed by atoms with van der Waals surface area (Å²) in [7, 11) is 0. The van der Waals surface area contributed by atoms with Crippen LogP contribution < -0.4 is 9.47 Å². The van der Waals surface area contributed by atoms with Crippen LogP contribution in [0.1, 0.15) is 21.5 Å². The lowest BCUT2D eigenvalue weighted by Gasteiger charge is -2.25. The van der Waals surface area contributed by atoms with E-state index in [1.54, 1.807) is 6.07 Å². The minimum atomic E-state index is -0.0490. The molecule has 6 rings (SSSR count). The normalized spacial score (nSPS) is 12.8. The van der Waals surface area contributed by atoms with Gasteiger partial charge in [0, 0.05) is 52.9 Å². The molecule has 164 valence electrons. The molecule has 2 aromatic heterocycles. The molecule has 33 heavy (non-hydrogen) atoms. The number of hydrogen-bond donors (Lipinski definition) is 2. The van der Waals surface area contributed by atoms with Gasteiger partial charge in [-0.15, -0.1) is 0 Å². The van der Waals surface area contributed by atoms with E-state index in [9.17, 15) is 4.79 Å². The molecule has 3 heterocycles. The largest absolute Gasteiger partial charge is 0.486 e. The molecule has 5 aromatic rings. The molecule has 0 saturated carbocycles. The van der Waals surface area contributed by atoms with Crippen LogP contribution in [0.25, 0.3) is 21.8 Å². The molecule has 0 spiro atoms. The van der Waals surface area contributed by atoms with E-state index in [2.05, 4.69) is 34.2 Å². The van der Waals surface area contributed by atoms with Gasteiger partial charge in [-0.1, -0.05) is 24.3 Å². The number of aromatic amines is 2. The van der Waals surface area contributed by atoms with Crippen molar-refractivity contribution in [1.82, 2.24) is 14.9 Å². The molecule has 0 atom stereocenters. The quantitative estimate of drug-likeness (QED) is 0.394. The second-order valence-corrected chi connectivity index (χ2v) is 8.23. The number of rotatable bonds is 5. The number of nitrogens with zero attached hydrogens (tertiary/aromatic N) is 1. The number of carbonyl (C=O) groups is 1. The van der Waals surface area contributed by atoms with Crippen molar-refractivity contribution in [2.24, 2.45) is 0 Å². The summed E-state index contributed by atoms with van der Waals surface area (Å²) >= 11 is 0. The minimum absolute atomic E-state index is 0.0490. The Morgan fingerprint density at radius 1 is 0.758 bits per heavy atom. The lowest BCUT2D eigenvalue weighted by molar-refractivity contribution is 0.0730. The average Bonchev–Trinajstić information content (AvgIpc) is 3.53. The van der Waals surface area contributed by atoms with Crippen LogP contribution in [0.15, 0.2) is 79.1 Å². The Balaban J connectivity index is 1.39. The maximum absolute atomic E-state index is 13.8. The van der Waals surface area contributed by atoms with Crippen LogP contribution in [-0.4, -0.2) is 34.0 Å². The van der Waals surface area contributed by atoms with Crippen LogP contribution in [0.2, 0.25) is 0 Å². The molecule has 0 radical (unpaired) electrons. The van der Waals surface area contributed by atoms with Crippen LogP contribution in [0.4, 0.5) is 0 Å². The number of nitrogens with one attached hydrogen (secondary N) is 2. The van der Waals surface area contributed by atoms with Crippen molar-refractivity contribution >= 4 is 27.7 Å². The zero-order chi connectivity index (χ0) is 22.2. The molecule has 0 unspecified atom stereocenters. The van der Waals surface area contributed by atoms with E-state index in [4.69, 9.17) is 9.47 Å².